The first-order valence-electron chi connectivity index (χ1n) is 1.51. The largest absolute Gasteiger partial charge is 2.00 e. The van der Waals surface area contributed by atoms with Crippen molar-refractivity contribution < 1.29 is 68.0 Å². The van der Waals surface area contributed by atoms with Crippen LogP contribution in [0.3, 0.4) is 0 Å². The fraction of sp³-hybridized carbons (Fsp3) is 0. The fourth-order valence-electron chi connectivity index (χ4n) is 0. The van der Waals surface area contributed by atoms with Gasteiger partial charge in [-0.25, -0.2) is 0 Å². The second kappa shape index (κ2) is 15.4. The van der Waals surface area contributed by atoms with Crippen LogP contribution in [0.25, 0.3) is 0 Å². The normalized spacial score (nSPS) is 8.43. The summed E-state index contributed by atoms with van der Waals surface area (Å²) in [7, 11) is -10.0. The van der Waals surface area contributed by atoms with E-state index >= 15 is 0 Å². The summed E-state index contributed by atoms with van der Waals surface area (Å²) in [4.78, 5) is 47.2. The number of hydrogen-bond acceptors (Lipinski definition) is 7. The summed E-state index contributed by atoms with van der Waals surface area (Å²) in [5.41, 5.74) is 0. The van der Waals surface area contributed by atoms with Crippen molar-refractivity contribution in [3.05, 3.63) is 0 Å². The zero-order valence-electron chi connectivity index (χ0n) is 7.40. The van der Waals surface area contributed by atoms with E-state index in [1.807, 2.05) is 0 Å². The molecular weight excluding hydrogens is 281 g/mol. The Kier molecular flexibility index (Phi) is 39.6. The van der Waals surface area contributed by atoms with Gasteiger partial charge in [0.05, 0.1) is 7.82 Å². The second-order valence-electron chi connectivity index (χ2n) is 0.959. The van der Waals surface area contributed by atoms with E-state index in [-0.39, 0.29) is 79.6 Å². The summed E-state index contributed by atoms with van der Waals surface area (Å²) < 4.78 is 17.4. The van der Waals surface area contributed by atoms with Crippen LogP contribution in [0.5, 0.6) is 0 Å². The molecule has 0 saturated carbocycles. The molecule has 10 nitrogen and oxygen atoms in total. The van der Waals surface area contributed by atoms with Gasteiger partial charge in [0.25, 0.3) is 7.82 Å². The van der Waals surface area contributed by atoms with Gasteiger partial charge in [-0.3, -0.25) is 4.57 Å². The molecule has 0 atom stereocenters. The van der Waals surface area contributed by atoms with Crippen LogP contribution in [-0.2, 0) is 9.13 Å². The first-order valence-corrected chi connectivity index (χ1v) is 4.54. The Morgan fingerprint density at radius 2 is 0.857 bits per heavy atom. The molecule has 0 aliphatic carbocycles. The summed E-state index contributed by atoms with van der Waals surface area (Å²) in [6.07, 6.45) is 0. The van der Waals surface area contributed by atoms with Crippen molar-refractivity contribution in [1.29, 1.82) is 0 Å². The molecule has 14 heteroatoms. The van der Waals surface area contributed by atoms with Crippen LogP contribution in [0.1, 0.15) is 0 Å². The molecule has 0 heterocycles. The Morgan fingerprint density at radius 3 is 0.857 bits per heavy atom. The first kappa shape index (κ1) is 36.0. The Morgan fingerprint density at radius 1 is 0.857 bits per heavy atom. The van der Waals surface area contributed by atoms with Gasteiger partial charge >= 0.3 is 67.3 Å². The van der Waals surface area contributed by atoms with E-state index in [9.17, 15) is 0 Å². The quantitative estimate of drug-likeness (QED) is 0.208. The van der Waals surface area contributed by atoms with Gasteiger partial charge < -0.3 is 46.2 Å². The van der Waals surface area contributed by atoms with Crippen molar-refractivity contribution in [1.82, 2.24) is 12.3 Å². The van der Waals surface area contributed by atoms with Crippen LogP contribution in [0.2, 0.25) is 0 Å². The zero-order chi connectivity index (χ0) is 9.00. The molecule has 0 saturated heterocycles. The minimum absolute atomic E-state index is 0. The molecule has 0 aromatic carbocycles. The summed E-state index contributed by atoms with van der Waals surface area (Å²) >= 11 is 0. The van der Waals surface area contributed by atoms with Crippen LogP contribution in [0, 0.1) is 0 Å². The number of rotatable bonds is 0. The monoisotopic (exact) mass is 290 g/mol. The molecule has 0 amide bonds. The van der Waals surface area contributed by atoms with Crippen molar-refractivity contribution in [3.63, 3.8) is 0 Å². The average Bonchev–Trinajstić information content (AvgIpc) is 1.12. The summed E-state index contributed by atoms with van der Waals surface area (Å²) in [6, 6.07) is 0. The molecule has 0 unspecified atom stereocenters. The molecule has 14 heavy (non-hydrogen) atoms. The van der Waals surface area contributed by atoms with Crippen LogP contribution in [0.15, 0.2) is 0 Å². The van der Waals surface area contributed by atoms with Gasteiger partial charge in [0.2, 0.25) is 0 Å². The molecule has 0 rings (SSSR count). The zero-order valence-corrected chi connectivity index (χ0v) is 13.4. The van der Waals surface area contributed by atoms with E-state index in [0.29, 0.717) is 0 Å². The van der Waals surface area contributed by atoms with Gasteiger partial charge in [0, 0.05) is 0 Å². The van der Waals surface area contributed by atoms with Crippen LogP contribution < -0.4 is 56.5 Å². The maximum atomic E-state index is 8.77. The van der Waals surface area contributed by atoms with Crippen molar-refractivity contribution in [3.8, 4) is 0 Å². The van der Waals surface area contributed by atoms with Gasteiger partial charge in [-0.2, -0.15) is 0 Å². The van der Waals surface area contributed by atoms with Gasteiger partial charge in [0.15, 0.2) is 0 Å². The Labute approximate surface area is 132 Å². The molecular formula is H9CaN2NaO8P2. The molecule has 0 bridgehead atoms. The maximum absolute atomic E-state index is 8.77. The van der Waals surface area contributed by atoms with Crippen LogP contribution in [0.4, 0.5) is 0 Å². The minimum atomic E-state index is -5.14. The van der Waals surface area contributed by atoms with E-state index in [1.165, 1.54) is 0 Å². The van der Waals surface area contributed by atoms with Crippen LogP contribution >= 0.6 is 15.6 Å². The van der Waals surface area contributed by atoms with Crippen molar-refractivity contribution in [2.45, 2.75) is 0 Å². The van der Waals surface area contributed by atoms with Gasteiger partial charge in [-0.05, 0) is 0 Å². The van der Waals surface area contributed by atoms with Gasteiger partial charge in [-0.15, -0.1) is 0 Å². The third kappa shape index (κ3) is 449. The van der Waals surface area contributed by atoms with E-state index < -0.39 is 15.6 Å². The predicted octanol–water partition coefficient (Wildman–Crippen LogP) is -6.81. The number of phosphoric acid groups is 2. The van der Waals surface area contributed by atoms with Crippen molar-refractivity contribution in [2.24, 2.45) is 0 Å². The Balaban J connectivity index is -0.0000000178. The van der Waals surface area contributed by atoms with Gasteiger partial charge in [0.1, 0.15) is 0 Å². The summed E-state index contributed by atoms with van der Waals surface area (Å²) in [5, 5.41) is 0. The Bertz CT molecular complexity index is 138. The topological polar surface area (TPSA) is 234 Å². The molecule has 0 aliphatic heterocycles. The van der Waals surface area contributed by atoms with E-state index in [2.05, 4.69) is 0 Å². The van der Waals surface area contributed by atoms with E-state index in [1.54, 1.807) is 0 Å². The summed E-state index contributed by atoms with van der Waals surface area (Å²) in [6.45, 7) is 0. The smallest absolute Gasteiger partial charge is 0.790 e. The number of hydrogen-bond donors (Lipinski definition) is 5. The molecule has 0 aromatic rings. The molecule has 0 spiro atoms. The molecule has 0 fully saturated rings. The van der Waals surface area contributed by atoms with E-state index in [0.717, 1.165) is 0 Å². The van der Waals surface area contributed by atoms with E-state index in [4.69, 9.17) is 38.5 Å². The summed E-state index contributed by atoms with van der Waals surface area (Å²) in [5.74, 6) is 0. The molecule has 0 aliphatic rings. The van der Waals surface area contributed by atoms with Crippen molar-refractivity contribution >= 4 is 53.4 Å². The molecule has 0 radical (unpaired) electrons. The SMILES string of the molecule is N.N.O=P([O-])(O)O.O=P([O-])([O-])O.[Ca+2].[Na+]. The minimum Gasteiger partial charge on any atom is -0.790 e. The third-order valence-corrected chi connectivity index (χ3v) is 0. The average molecular weight is 290 g/mol. The standard InChI is InChI=1S/Ca.2H3N.Na.2H3O4P/c;;;;2*1-5(2,3)4/h;2*1H3;;2*(H3,1,2,3,4)/q+2;;;+1;;/p-3. The molecule has 0 aromatic heterocycles. The fourth-order valence-corrected chi connectivity index (χ4v) is 0. The molecule has 9 N–H and O–H groups in total. The molecule has 80 valence electrons. The third-order valence-electron chi connectivity index (χ3n) is 0. The predicted molar refractivity (Wildman–Crippen MR) is 37.7 cm³/mol. The van der Waals surface area contributed by atoms with Gasteiger partial charge in [-0.1, -0.05) is 0 Å². The Hall–Kier alpha value is 2.40. The maximum Gasteiger partial charge on any atom is 2.00 e. The first-order chi connectivity index (χ1) is 4.00. The van der Waals surface area contributed by atoms with Crippen molar-refractivity contribution in [2.75, 3.05) is 0 Å². The van der Waals surface area contributed by atoms with Crippen LogP contribution in [-0.4, -0.2) is 52.4 Å². The second-order valence-corrected chi connectivity index (χ2v) is 2.88.